The predicted octanol–water partition coefficient (Wildman–Crippen LogP) is 3.73. The molecule has 1 aromatic carbocycles. The van der Waals surface area contributed by atoms with Crippen molar-refractivity contribution < 1.29 is 14.0 Å². The van der Waals surface area contributed by atoms with Gasteiger partial charge in [0.2, 0.25) is 5.91 Å². The molecule has 0 fully saturated rings. The van der Waals surface area contributed by atoms with Crippen LogP contribution in [0.1, 0.15) is 21.7 Å². The molecule has 9 heteroatoms. The molecule has 0 spiro atoms. The van der Waals surface area contributed by atoms with Crippen molar-refractivity contribution in [2.24, 2.45) is 0 Å². The first-order chi connectivity index (χ1) is 15.1. The molecule has 0 atom stereocenters. The van der Waals surface area contributed by atoms with E-state index in [1.54, 1.807) is 65.9 Å². The number of hydrogen-bond donors (Lipinski definition) is 2. The van der Waals surface area contributed by atoms with E-state index in [-0.39, 0.29) is 24.0 Å². The Hall–Kier alpha value is -3.72. The van der Waals surface area contributed by atoms with Crippen molar-refractivity contribution in [3.05, 3.63) is 95.0 Å². The zero-order valence-electron chi connectivity index (χ0n) is 16.3. The third-order valence-electron chi connectivity index (χ3n) is 4.47. The molecule has 0 bridgehead atoms. The molecule has 0 saturated carbocycles. The lowest BCUT2D eigenvalue weighted by atomic mass is 10.1. The summed E-state index contributed by atoms with van der Waals surface area (Å²) in [5.41, 5.74) is 2.33. The Morgan fingerprint density at radius 2 is 1.90 bits per heavy atom. The van der Waals surface area contributed by atoms with Crippen LogP contribution in [0.4, 0.5) is 5.69 Å². The van der Waals surface area contributed by atoms with E-state index in [1.807, 2.05) is 12.1 Å². The van der Waals surface area contributed by atoms with Gasteiger partial charge in [-0.15, -0.1) is 0 Å². The minimum Gasteiger partial charge on any atom is -0.444 e. The second-order valence-corrected chi connectivity index (χ2v) is 7.45. The van der Waals surface area contributed by atoms with Gasteiger partial charge in [0.1, 0.15) is 12.1 Å². The Morgan fingerprint density at radius 1 is 1.06 bits per heavy atom. The second kappa shape index (κ2) is 9.40. The first kappa shape index (κ1) is 20.5. The zero-order chi connectivity index (χ0) is 21.6. The number of imidazole rings is 1. The van der Waals surface area contributed by atoms with E-state index in [2.05, 4.69) is 36.5 Å². The summed E-state index contributed by atoms with van der Waals surface area (Å²) in [5, 5.41) is 5.67. The lowest BCUT2D eigenvalue weighted by Gasteiger charge is -2.10. The Bertz CT molecular complexity index is 1190. The van der Waals surface area contributed by atoms with Crippen molar-refractivity contribution in [2.45, 2.75) is 13.0 Å². The van der Waals surface area contributed by atoms with E-state index < -0.39 is 0 Å². The van der Waals surface area contributed by atoms with Gasteiger partial charge in [0.05, 0.1) is 6.42 Å². The van der Waals surface area contributed by atoms with Crippen molar-refractivity contribution >= 4 is 33.4 Å². The molecule has 0 saturated heterocycles. The number of pyridine rings is 1. The monoisotopic (exact) mass is 479 g/mol. The highest BCUT2D eigenvalue weighted by molar-refractivity contribution is 9.10. The molecule has 3 heterocycles. The van der Waals surface area contributed by atoms with Crippen LogP contribution in [-0.2, 0) is 17.8 Å². The maximum atomic E-state index is 12.4. The van der Waals surface area contributed by atoms with Crippen LogP contribution in [-0.4, -0.2) is 26.3 Å². The number of carbonyl (C=O) groups is 2. The zero-order valence-corrected chi connectivity index (χ0v) is 17.9. The highest BCUT2D eigenvalue weighted by Gasteiger charge is 2.11. The number of rotatable bonds is 7. The van der Waals surface area contributed by atoms with Gasteiger partial charge in [-0.25, -0.2) is 9.97 Å². The standard InChI is InChI=1S/C22H18BrN5O3/c23-19-8-7-18(31-19)22(30)27-17-5-3-15(4-6-17)12-20(29)26-13-16-2-1-9-25-21(16)28-11-10-24-14-28/h1-11,14H,12-13H2,(H,26,29)(H,27,30). The van der Waals surface area contributed by atoms with Crippen LogP contribution in [0.2, 0.25) is 0 Å². The van der Waals surface area contributed by atoms with Crippen LogP contribution in [0.15, 0.2) is 82.5 Å². The molecule has 2 amide bonds. The Labute approximate surface area is 186 Å². The number of benzene rings is 1. The van der Waals surface area contributed by atoms with Crippen LogP contribution in [0, 0.1) is 0 Å². The summed E-state index contributed by atoms with van der Waals surface area (Å²) in [4.78, 5) is 32.9. The maximum Gasteiger partial charge on any atom is 0.291 e. The summed E-state index contributed by atoms with van der Waals surface area (Å²) in [6.45, 7) is 0.354. The van der Waals surface area contributed by atoms with Gasteiger partial charge in [-0.2, -0.15) is 0 Å². The van der Waals surface area contributed by atoms with Crippen molar-refractivity contribution in [3.8, 4) is 5.82 Å². The number of furan rings is 1. The summed E-state index contributed by atoms with van der Waals surface area (Å²) >= 11 is 3.17. The normalized spacial score (nSPS) is 10.6. The summed E-state index contributed by atoms with van der Waals surface area (Å²) in [6, 6.07) is 14.1. The topological polar surface area (TPSA) is 102 Å². The molecular weight excluding hydrogens is 462 g/mol. The minimum absolute atomic E-state index is 0.113. The van der Waals surface area contributed by atoms with Crippen molar-refractivity contribution in [1.82, 2.24) is 19.9 Å². The van der Waals surface area contributed by atoms with Gasteiger partial charge in [-0.1, -0.05) is 18.2 Å². The third kappa shape index (κ3) is 5.26. The first-order valence-corrected chi connectivity index (χ1v) is 10.2. The highest BCUT2D eigenvalue weighted by atomic mass is 79.9. The van der Waals surface area contributed by atoms with Gasteiger partial charge in [0.15, 0.2) is 10.4 Å². The van der Waals surface area contributed by atoms with Crippen molar-refractivity contribution in [2.75, 3.05) is 5.32 Å². The molecule has 3 aromatic heterocycles. The molecule has 8 nitrogen and oxygen atoms in total. The van der Waals surface area contributed by atoms with Gasteiger partial charge < -0.3 is 15.1 Å². The first-order valence-electron chi connectivity index (χ1n) is 9.43. The second-order valence-electron chi connectivity index (χ2n) is 6.66. The number of nitrogens with zero attached hydrogens (tertiary/aromatic N) is 3. The van der Waals surface area contributed by atoms with Crippen molar-refractivity contribution in [3.63, 3.8) is 0 Å². The van der Waals surface area contributed by atoms with E-state index in [0.29, 0.717) is 16.9 Å². The molecule has 156 valence electrons. The summed E-state index contributed by atoms with van der Waals surface area (Å²) in [7, 11) is 0. The summed E-state index contributed by atoms with van der Waals surface area (Å²) < 4.78 is 7.52. The number of amides is 2. The Balaban J connectivity index is 1.32. The van der Waals surface area contributed by atoms with Gasteiger partial charge in [-0.3, -0.25) is 14.2 Å². The fourth-order valence-electron chi connectivity index (χ4n) is 2.96. The average Bonchev–Trinajstić information content (AvgIpc) is 3.46. The van der Waals surface area contributed by atoms with E-state index in [1.165, 1.54) is 0 Å². The van der Waals surface area contributed by atoms with Gasteiger partial charge >= 0.3 is 0 Å². The fourth-order valence-corrected chi connectivity index (χ4v) is 3.27. The molecule has 4 aromatic rings. The van der Waals surface area contributed by atoms with E-state index in [0.717, 1.165) is 16.9 Å². The minimum atomic E-state index is -0.346. The Morgan fingerprint density at radius 3 is 2.61 bits per heavy atom. The van der Waals surface area contributed by atoms with Crippen LogP contribution < -0.4 is 10.6 Å². The largest absolute Gasteiger partial charge is 0.444 e. The summed E-state index contributed by atoms with van der Waals surface area (Å²) in [6.07, 6.45) is 7.07. The SMILES string of the molecule is O=C(Cc1ccc(NC(=O)c2ccc(Br)o2)cc1)NCc1cccnc1-n1ccnc1. The number of hydrogen-bond acceptors (Lipinski definition) is 5. The molecule has 4 rings (SSSR count). The predicted molar refractivity (Wildman–Crippen MR) is 118 cm³/mol. The Kier molecular flexibility index (Phi) is 6.23. The number of carbonyl (C=O) groups excluding carboxylic acids is 2. The molecule has 0 aliphatic rings. The number of halogens is 1. The van der Waals surface area contributed by atoms with Crippen LogP contribution in [0.3, 0.4) is 0 Å². The van der Waals surface area contributed by atoms with E-state index >= 15 is 0 Å². The molecule has 0 aliphatic heterocycles. The quantitative estimate of drug-likeness (QED) is 0.420. The summed E-state index contributed by atoms with van der Waals surface area (Å²) in [5.74, 6) is 0.476. The molecule has 31 heavy (non-hydrogen) atoms. The molecule has 0 unspecified atom stereocenters. The van der Waals surface area contributed by atoms with Crippen LogP contribution in [0.25, 0.3) is 5.82 Å². The molecule has 2 N–H and O–H groups in total. The maximum absolute atomic E-state index is 12.4. The van der Waals surface area contributed by atoms with Crippen LogP contribution in [0.5, 0.6) is 0 Å². The van der Waals surface area contributed by atoms with E-state index in [9.17, 15) is 9.59 Å². The lowest BCUT2D eigenvalue weighted by Crippen LogP contribution is -2.25. The van der Waals surface area contributed by atoms with E-state index in [4.69, 9.17) is 4.42 Å². The van der Waals surface area contributed by atoms with Gasteiger partial charge in [0, 0.05) is 36.4 Å². The third-order valence-corrected chi connectivity index (χ3v) is 4.89. The number of aromatic nitrogens is 3. The smallest absolute Gasteiger partial charge is 0.291 e. The highest BCUT2D eigenvalue weighted by Crippen LogP contribution is 2.17. The lowest BCUT2D eigenvalue weighted by molar-refractivity contribution is -0.120. The molecule has 0 aliphatic carbocycles. The number of anilines is 1. The van der Waals surface area contributed by atoms with Crippen LogP contribution >= 0.6 is 15.9 Å². The van der Waals surface area contributed by atoms with Crippen molar-refractivity contribution in [1.29, 1.82) is 0 Å². The fraction of sp³-hybridized carbons (Fsp3) is 0.0909. The molecular formula is C22H18BrN5O3. The molecule has 0 radical (unpaired) electrons. The van der Waals surface area contributed by atoms with Gasteiger partial charge in [0.25, 0.3) is 5.91 Å². The average molecular weight is 480 g/mol. The number of nitrogens with one attached hydrogen (secondary N) is 2. The van der Waals surface area contributed by atoms with Gasteiger partial charge in [-0.05, 0) is 51.8 Å².